The van der Waals surface area contributed by atoms with Crippen molar-refractivity contribution in [1.82, 2.24) is 14.8 Å². The second-order valence-corrected chi connectivity index (χ2v) is 10.1. The molecule has 4 aromatic rings. The molecule has 0 saturated heterocycles. The Balaban J connectivity index is 1.57. The lowest BCUT2D eigenvalue weighted by atomic mass is 10.0. The van der Waals surface area contributed by atoms with Gasteiger partial charge in [-0.05, 0) is 31.5 Å². The zero-order valence-corrected chi connectivity index (χ0v) is 21.2. The van der Waals surface area contributed by atoms with Gasteiger partial charge in [-0.25, -0.2) is 0 Å². The number of anilines is 1. The Hall–Kier alpha value is -3.37. The highest BCUT2D eigenvalue weighted by atomic mass is 32.2. The van der Waals surface area contributed by atoms with Gasteiger partial charge in [-0.2, -0.15) is 13.2 Å². The Morgan fingerprint density at radius 1 is 1.14 bits per heavy atom. The van der Waals surface area contributed by atoms with Crippen molar-refractivity contribution in [2.24, 2.45) is 0 Å². The number of thioether (sulfide) groups is 1. The number of amides is 1. The van der Waals surface area contributed by atoms with Crippen LogP contribution in [0.5, 0.6) is 0 Å². The van der Waals surface area contributed by atoms with E-state index in [1.54, 1.807) is 17.4 Å². The van der Waals surface area contributed by atoms with E-state index in [1.165, 1.54) is 18.2 Å². The summed E-state index contributed by atoms with van der Waals surface area (Å²) in [6.07, 6.45) is -2.86. The number of aryl methyl sites for hydroxylation is 2. The molecule has 1 amide bonds. The van der Waals surface area contributed by atoms with Gasteiger partial charge < -0.3 is 5.32 Å². The molecule has 0 radical (unpaired) electrons. The highest BCUT2D eigenvalue weighted by molar-refractivity contribution is 7.99. The summed E-state index contributed by atoms with van der Waals surface area (Å²) in [6.45, 7) is 8.32. The Morgan fingerprint density at radius 2 is 1.86 bits per heavy atom. The molecule has 36 heavy (non-hydrogen) atoms. The molecule has 1 N–H and O–H groups in total. The van der Waals surface area contributed by atoms with Crippen molar-refractivity contribution in [3.8, 4) is 22.5 Å². The zero-order valence-electron chi connectivity index (χ0n) is 19.6. The number of aromatic nitrogens is 3. The molecule has 4 rings (SSSR count). The first-order valence-electron chi connectivity index (χ1n) is 11.0. The van der Waals surface area contributed by atoms with E-state index < -0.39 is 17.6 Å². The van der Waals surface area contributed by atoms with Crippen LogP contribution < -0.4 is 5.32 Å². The SMILES string of the molecule is C=CCn1c(SCC(=O)Nc2ccccc2C(F)(F)F)nnc1-c1csc(C)c1-c1ccc(C)cc1. The lowest BCUT2D eigenvalue weighted by Gasteiger charge is -2.13. The largest absolute Gasteiger partial charge is 0.418 e. The summed E-state index contributed by atoms with van der Waals surface area (Å²) < 4.78 is 41.6. The standard InChI is InChI=1S/C26H23F3N4OS2/c1-4-13-33-24(19-14-35-17(3)23(19)18-11-9-16(2)10-12-18)31-32-25(33)36-15-22(34)30-21-8-6-5-7-20(21)26(27,28)29/h4-12,14H,1,13,15H2,2-3H3,(H,30,34). The van der Waals surface area contributed by atoms with Crippen LogP contribution in [0.4, 0.5) is 18.9 Å². The number of nitrogens with zero attached hydrogens (tertiary/aromatic N) is 3. The van der Waals surface area contributed by atoms with Crippen molar-refractivity contribution in [3.05, 3.63) is 82.6 Å². The minimum Gasteiger partial charge on any atom is -0.325 e. The maximum Gasteiger partial charge on any atom is 0.418 e. The van der Waals surface area contributed by atoms with Crippen molar-refractivity contribution in [3.63, 3.8) is 0 Å². The van der Waals surface area contributed by atoms with Crippen LogP contribution in [0.3, 0.4) is 0 Å². The Morgan fingerprint density at radius 3 is 2.56 bits per heavy atom. The summed E-state index contributed by atoms with van der Waals surface area (Å²) in [6, 6.07) is 13.1. The fourth-order valence-electron chi connectivity index (χ4n) is 3.74. The van der Waals surface area contributed by atoms with E-state index in [4.69, 9.17) is 0 Å². The van der Waals surface area contributed by atoms with E-state index in [0.29, 0.717) is 17.5 Å². The summed E-state index contributed by atoms with van der Waals surface area (Å²) in [4.78, 5) is 13.6. The number of para-hydroxylation sites is 1. The first kappa shape index (κ1) is 25.7. The van der Waals surface area contributed by atoms with E-state index in [9.17, 15) is 18.0 Å². The summed E-state index contributed by atoms with van der Waals surface area (Å²) in [5.41, 5.74) is 3.05. The highest BCUT2D eigenvalue weighted by Gasteiger charge is 2.33. The van der Waals surface area contributed by atoms with E-state index >= 15 is 0 Å². The lowest BCUT2D eigenvalue weighted by molar-refractivity contribution is -0.137. The van der Waals surface area contributed by atoms with Crippen LogP contribution in [0.25, 0.3) is 22.5 Å². The van der Waals surface area contributed by atoms with Crippen LogP contribution in [0.15, 0.2) is 71.7 Å². The normalized spacial score (nSPS) is 11.5. The van der Waals surface area contributed by atoms with Crippen molar-refractivity contribution < 1.29 is 18.0 Å². The zero-order chi connectivity index (χ0) is 25.9. The third kappa shape index (κ3) is 5.55. The highest BCUT2D eigenvalue weighted by Crippen LogP contribution is 2.39. The van der Waals surface area contributed by atoms with Crippen molar-refractivity contribution >= 4 is 34.7 Å². The number of alkyl halides is 3. The van der Waals surface area contributed by atoms with Crippen molar-refractivity contribution in [2.75, 3.05) is 11.1 Å². The number of carbonyl (C=O) groups excluding carboxylic acids is 1. The molecule has 2 aromatic heterocycles. The van der Waals surface area contributed by atoms with Crippen molar-refractivity contribution in [2.45, 2.75) is 31.7 Å². The fraction of sp³-hybridized carbons (Fsp3) is 0.192. The number of allylic oxidation sites excluding steroid dienone is 1. The molecule has 0 unspecified atom stereocenters. The first-order chi connectivity index (χ1) is 17.2. The molecule has 5 nitrogen and oxygen atoms in total. The number of nitrogens with one attached hydrogen (secondary N) is 1. The third-order valence-corrected chi connectivity index (χ3v) is 7.30. The number of carbonyl (C=O) groups is 1. The van der Waals surface area contributed by atoms with Gasteiger partial charge in [-0.1, -0.05) is 59.8 Å². The first-order valence-corrected chi connectivity index (χ1v) is 12.8. The summed E-state index contributed by atoms with van der Waals surface area (Å²) in [7, 11) is 0. The van der Waals surface area contributed by atoms with Gasteiger partial charge in [0.1, 0.15) is 0 Å². The number of hydrogen-bond acceptors (Lipinski definition) is 5. The fourth-order valence-corrected chi connectivity index (χ4v) is 5.35. The van der Waals surface area contributed by atoms with Gasteiger partial charge in [0, 0.05) is 27.9 Å². The average Bonchev–Trinajstić information content (AvgIpc) is 3.41. The van der Waals surface area contributed by atoms with Crippen molar-refractivity contribution in [1.29, 1.82) is 0 Å². The molecule has 0 aliphatic carbocycles. The molecule has 0 saturated carbocycles. The average molecular weight is 529 g/mol. The smallest absolute Gasteiger partial charge is 0.325 e. The van der Waals surface area contributed by atoms with Gasteiger partial charge in [-0.15, -0.1) is 28.1 Å². The van der Waals surface area contributed by atoms with Gasteiger partial charge in [0.25, 0.3) is 0 Å². The second-order valence-electron chi connectivity index (χ2n) is 8.03. The van der Waals surface area contributed by atoms with Gasteiger partial charge in [0.05, 0.1) is 17.0 Å². The van der Waals surface area contributed by atoms with Crippen LogP contribution in [-0.2, 0) is 17.5 Å². The van der Waals surface area contributed by atoms with Crippen LogP contribution >= 0.6 is 23.1 Å². The van der Waals surface area contributed by atoms with Crippen LogP contribution in [0.2, 0.25) is 0 Å². The van der Waals surface area contributed by atoms with Gasteiger partial charge >= 0.3 is 6.18 Å². The Kier molecular flexibility index (Phi) is 7.65. The molecular formula is C26H23F3N4OS2. The molecule has 0 fully saturated rings. The minimum atomic E-state index is -4.57. The Labute approximate surface area is 215 Å². The number of rotatable bonds is 8. The monoisotopic (exact) mass is 528 g/mol. The van der Waals surface area contributed by atoms with E-state index in [1.807, 2.05) is 16.9 Å². The summed E-state index contributed by atoms with van der Waals surface area (Å²) in [5, 5.41) is 13.5. The quantitative estimate of drug-likeness (QED) is 0.194. The summed E-state index contributed by atoms with van der Waals surface area (Å²) in [5.74, 6) is -0.0622. The lowest BCUT2D eigenvalue weighted by Crippen LogP contribution is -2.18. The Bertz CT molecular complexity index is 1390. The number of benzene rings is 2. The second kappa shape index (κ2) is 10.7. The third-order valence-electron chi connectivity index (χ3n) is 5.42. The maximum atomic E-state index is 13.2. The predicted molar refractivity (Wildman–Crippen MR) is 139 cm³/mol. The molecule has 0 aliphatic rings. The molecule has 2 aromatic carbocycles. The van der Waals surface area contributed by atoms with Gasteiger partial charge in [0.2, 0.25) is 5.91 Å². The van der Waals surface area contributed by atoms with Gasteiger partial charge in [-0.3, -0.25) is 9.36 Å². The van der Waals surface area contributed by atoms with Crippen LogP contribution in [-0.4, -0.2) is 26.4 Å². The number of thiophene rings is 1. The molecule has 2 heterocycles. The van der Waals surface area contributed by atoms with Crippen LogP contribution in [0, 0.1) is 13.8 Å². The van der Waals surface area contributed by atoms with E-state index in [2.05, 4.69) is 53.3 Å². The predicted octanol–water partition coefficient (Wildman–Crippen LogP) is 7.23. The molecule has 0 spiro atoms. The maximum absolute atomic E-state index is 13.2. The minimum absolute atomic E-state index is 0.130. The molecule has 0 bridgehead atoms. The van der Waals surface area contributed by atoms with Gasteiger partial charge in [0.15, 0.2) is 11.0 Å². The molecule has 186 valence electrons. The van der Waals surface area contributed by atoms with E-state index in [-0.39, 0.29) is 11.4 Å². The van der Waals surface area contributed by atoms with E-state index in [0.717, 1.165) is 45.0 Å². The molecule has 0 aliphatic heterocycles. The topological polar surface area (TPSA) is 59.8 Å². The molecule has 10 heteroatoms. The number of halogens is 3. The number of hydrogen-bond donors (Lipinski definition) is 1. The summed E-state index contributed by atoms with van der Waals surface area (Å²) >= 11 is 2.72. The molecule has 0 atom stereocenters. The molecular weight excluding hydrogens is 505 g/mol. The van der Waals surface area contributed by atoms with Crippen LogP contribution in [0.1, 0.15) is 16.0 Å².